The maximum absolute atomic E-state index is 13.1. The highest BCUT2D eigenvalue weighted by atomic mass is 16.2. The van der Waals surface area contributed by atoms with E-state index in [1.165, 1.54) is 0 Å². The van der Waals surface area contributed by atoms with E-state index in [-0.39, 0.29) is 11.8 Å². The Morgan fingerprint density at radius 3 is 2.68 bits per heavy atom. The third-order valence-corrected chi connectivity index (χ3v) is 5.59. The third kappa shape index (κ3) is 3.87. The zero-order valence-corrected chi connectivity index (χ0v) is 15.3. The van der Waals surface area contributed by atoms with Gasteiger partial charge in [0.1, 0.15) is 0 Å². The minimum absolute atomic E-state index is 0.0359. The summed E-state index contributed by atoms with van der Waals surface area (Å²) in [4.78, 5) is 29.8. The van der Waals surface area contributed by atoms with Crippen molar-refractivity contribution in [3.63, 3.8) is 0 Å². The summed E-state index contributed by atoms with van der Waals surface area (Å²) < 4.78 is 0. The van der Waals surface area contributed by atoms with Gasteiger partial charge in [-0.25, -0.2) is 0 Å². The van der Waals surface area contributed by atoms with Crippen LogP contribution in [-0.2, 0) is 4.79 Å². The van der Waals surface area contributed by atoms with E-state index in [9.17, 15) is 9.59 Å². The minimum Gasteiger partial charge on any atom is -0.342 e. The zero-order valence-electron chi connectivity index (χ0n) is 15.3. The first-order chi connectivity index (χ1) is 12.0. The van der Waals surface area contributed by atoms with Gasteiger partial charge < -0.3 is 15.1 Å². The molecule has 136 valence electrons. The van der Waals surface area contributed by atoms with Gasteiger partial charge in [0, 0.05) is 31.7 Å². The van der Waals surface area contributed by atoms with E-state index >= 15 is 0 Å². The molecule has 2 amide bonds. The van der Waals surface area contributed by atoms with E-state index in [0.717, 1.165) is 45.4 Å². The Morgan fingerprint density at radius 1 is 1.20 bits per heavy atom. The highest BCUT2D eigenvalue weighted by Gasteiger charge is 2.43. The number of rotatable bonds is 4. The van der Waals surface area contributed by atoms with Crippen LogP contribution in [0.3, 0.4) is 0 Å². The SMILES string of the molecule is CNCC1CCN(C(=O)C2(C)CCCN(C(=O)c3ccccc3)C2)C1. The van der Waals surface area contributed by atoms with Crippen molar-refractivity contribution in [1.82, 2.24) is 15.1 Å². The number of hydrogen-bond acceptors (Lipinski definition) is 3. The van der Waals surface area contributed by atoms with E-state index in [4.69, 9.17) is 0 Å². The third-order valence-electron chi connectivity index (χ3n) is 5.59. The molecule has 2 atom stereocenters. The van der Waals surface area contributed by atoms with Crippen molar-refractivity contribution in [2.45, 2.75) is 26.2 Å². The first-order valence-electron chi connectivity index (χ1n) is 9.32. The lowest BCUT2D eigenvalue weighted by atomic mass is 9.80. The van der Waals surface area contributed by atoms with E-state index in [0.29, 0.717) is 18.0 Å². The molecule has 3 rings (SSSR count). The average molecular weight is 343 g/mol. The van der Waals surface area contributed by atoms with Crippen molar-refractivity contribution in [2.75, 3.05) is 39.8 Å². The van der Waals surface area contributed by atoms with Gasteiger partial charge in [0.2, 0.25) is 5.91 Å². The van der Waals surface area contributed by atoms with E-state index in [2.05, 4.69) is 5.32 Å². The van der Waals surface area contributed by atoms with Gasteiger partial charge in [-0.05, 0) is 57.8 Å². The molecule has 25 heavy (non-hydrogen) atoms. The van der Waals surface area contributed by atoms with Gasteiger partial charge in [-0.2, -0.15) is 0 Å². The molecule has 5 nitrogen and oxygen atoms in total. The summed E-state index contributed by atoms with van der Waals surface area (Å²) >= 11 is 0. The quantitative estimate of drug-likeness (QED) is 0.910. The topological polar surface area (TPSA) is 52.7 Å². The summed E-state index contributed by atoms with van der Waals surface area (Å²) in [5, 5.41) is 3.21. The summed E-state index contributed by atoms with van der Waals surface area (Å²) in [5.41, 5.74) is 0.242. The molecule has 2 aliphatic heterocycles. The van der Waals surface area contributed by atoms with Gasteiger partial charge in [0.05, 0.1) is 5.41 Å². The van der Waals surface area contributed by atoms with Gasteiger partial charge in [-0.3, -0.25) is 9.59 Å². The van der Waals surface area contributed by atoms with Gasteiger partial charge in [-0.15, -0.1) is 0 Å². The summed E-state index contributed by atoms with van der Waals surface area (Å²) in [6, 6.07) is 9.37. The molecule has 2 fully saturated rings. The van der Waals surface area contributed by atoms with Gasteiger partial charge >= 0.3 is 0 Å². The molecular formula is C20H29N3O2. The second-order valence-corrected chi connectivity index (χ2v) is 7.72. The van der Waals surface area contributed by atoms with Crippen LogP contribution in [0, 0.1) is 11.3 Å². The van der Waals surface area contributed by atoms with Gasteiger partial charge in [-0.1, -0.05) is 18.2 Å². The molecule has 2 aliphatic rings. The first kappa shape index (κ1) is 17.9. The number of nitrogens with one attached hydrogen (secondary N) is 1. The molecule has 0 spiro atoms. The highest BCUT2D eigenvalue weighted by molar-refractivity contribution is 5.95. The van der Waals surface area contributed by atoms with Crippen LogP contribution in [0.5, 0.6) is 0 Å². The van der Waals surface area contributed by atoms with Crippen molar-refractivity contribution in [2.24, 2.45) is 11.3 Å². The van der Waals surface area contributed by atoms with Crippen LogP contribution in [0.15, 0.2) is 30.3 Å². The van der Waals surface area contributed by atoms with Crippen LogP contribution in [-0.4, -0.2) is 61.4 Å². The second kappa shape index (κ2) is 7.56. The fourth-order valence-electron chi connectivity index (χ4n) is 4.20. The predicted molar refractivity (Wildman–Crippen MR) is 98.3 cm³/mol. The number of amides is 2. The number of nitrogens with zero attached hydrogens (tertiary/aromatic N) is 2. The van der Waals surface area contributed by atoms with Gasteiger partial charge in [0.25, 0.3) is 5.91 Å². The fourth-order valence-corrected chi connectivity index (χ4v) is 4.20. The lowest BCUT2D eigenvalue weighted by Crippen LogP contribution is -2.52. The molecule has 1 aromatic rings. The summed E-state index contributed by atoms with van der Waals surface area (Å²) in [6.45, 7) is 5.92. The Labute approximate surface area is 150 Å². The van der Waals surface area contributed by atoms with Crippen molar-refractivity contribution >= 4 is 11.8 Å². The number of carbonyl (C=O) groups is 2. The summed E-state index contributed by atoms with van der Waals surface area (Å²) in [6.07, 6.45) is 2.81. The van der Waals surface area contributed by atoms with Crippen LogP contribution >= 0.6 is 0 Å². The minimum atomic E-state index is -0.461. The second-order valence-electron chi connectivity index (χ2n) is 7.72. The first-order valence-corrected chi connectivity index (χ1v) is 9.32. The van der Waals surface area contributed by atoms with Crippen molar-refractivity contribution in [1.29, 1.82) is 0 Å². The van der Waals surface area contributed by atoms with Crippen LogP contribution < -0.4 is 5.32 Å². The molecule has 0 radical (unpaired) electrons. The lowest BCUT2D eigenvalue weighted by molar-refractivity contribution is -0.142. The lowest BCUT2D eigenvalue weighted by Gasteiger charge is -2.41. The Hall–Kier alpha value is -1.88. The maximum atomic E-state index is 13.1. The summed E-state index contributed by atoms with van der Waals surface area (Å²) in [5.74, 6) is 0.800. The average Bonchev–Trinajstić information content (AvgIpc) is 3.10. The summed E-state index contributed by atoms with van der Waals surface area (Å²) in [7, 11) is 1.96. The highest BCUT2D eigenvalue weighted by Crippen LogP contribution is 2.34. The Balaban J connectivity index is 1.67. The monoisotopic (exact) mass is 343 g/mol. The molecule has 1 aromatic carbocycles. The molecule has 0 bridgehead atoms. The standard InChI is InChI=1S/C20H29N3O2/c1-20(19(25)22-12-9-16(14-22)13-21-2)10-6-11-23(15-20)18(24)17-7-4-3-5-8-17/h3-5,7-8,16,21H,6,9-15H2,1-2H3. The van der Waals surface area contributed by atoms with Crippen molar-refractivity contribution in [3.8, 4) is 0 Å². The zero-order chi connectivity index (χ0) is 17.9. The van der Waals surface area contributed by atoms with E-state index in [1.807, 2.05) is 54.1 Å². The molecule has 0 aliphatic carbocycles. The van der Waals surface area contributed by atoms with E-state index in [1.54, 1.807) is 0 Å². The molecule has 2 saturated heterocycles. The van der Waals surface area contributed by atoms with Crippen LogP contribution in [0.2, 0.25) is 0 Å². The maximum Gasteiger partial charge on any atom is 0.253 e. The van der Waals surface area contributed by atoms with Crippen LogP contribution in [0.1, 0.15) is 36.5 Å². The largest absolute Gasteiger partial charge is 0.342 e. The molecule has 2 unspecified atom stereocenters. The number of carbonyl (C=O) groups excluding carboxylic acids is 2. The fraction of sp³-hybridized carbons (Fsp3) is 0.600. The van der Waals surface area contributed by atoms with Crippen LogP contribution in [0.25, 0.3) is 0 Å². The Bertz CT molecular complexity index is 619. The molecule has 0 saturated carbocycles. The molecular weight excluding hydrogens is 314 g/mol. The van der Waals surface area contributed by atoms with Crippen molar-refractivity contribution in [3.05, 3.63) is 35.9 Å². The molecule has 2 heterocycles. The Morgan fingerprint density at radius 2 is 1.96 bits per heavy atom. The predicted octanol–water partition coefficient (Wildman–Crippen LogP) is 2.00. The smallest absolute Gasteiger partial charge is 0.253 e. The normalized spacial score (nSPS) is 26.7. The molecule has 5 heteroatoms. The number of hydrogen-bond donors (Lipinski definition) is 1. The van der Waals surface area contributed by atoms with Crippen LogP contribution in [0.4, 0.5) is 0 Å². The number of piperidine rings is 1. The Kier molecular flexibility index (Phi) is 5.42. The van der Waals surface area contributed by atoms with Gasteiger partial charge in [0.15, 0.2) is 0 Å². The number of benzene rings is 1. The molecule has 0 aromatic heterocycles. The van der Waals surface area contributed by atoms with Crippen molar-refractivity contribution < 1.29 is 9.59 Å². The molecule has 1 N–H and O–H groups in total. The van der Waals surface area contributed by atoms with E-state index < -0.39 is 5.41 Å². The number of likely N-dealkylation sites (tertiary alicyclic amines) is 2.